The van der Waals surface area contributed by atoms with E-state index in [4.69, 9.17) is 4.42 Å². The highest BCUT2D eigenvalue weighted by Gasteiger charge is 2.24. The smallest absolute Gasteiger partial charge is 0.117 e. The van der Waals surface area contributed by atoms with Gasteiger partial charge in [0, 0.05) is 6.54 Å². The van der Waals surface area contributed by atoms with Crippen molar-refractivity contribution < 1.29 is 4.42 Å². The minimum atomic E-state index is 0.782. The van der Waals surface area contributed by atoms with E-state index in [0.717, 1.165) is 37.2 Å². The number of furan rings is 1. The molecule has 1 aliphatic rings. The zero-order valence-electron chi connectivity index (χ0n) is 9.57. The predicted octanol–water partition coefficient (Wildman–Crippen LogP) is 1.57. The van der Waals surface area contributed by atoms with Crippen LogP contribution in [0.4, 0.5) is 0 Å². The van der Waals surface area contributed by atoms with Gasteiger partial charge < -0.3 is 9.73 Å². The van der Waals surface area contributed by atoms with E-state index >= 15 is 0 Å². The second-order valence-corrected chi connectivity index (χ2v) is 4.67. The first-order chi connectivity index (χ1) is 7.25. The van der Waals surface area contributed by atoms with Crippen LogP contribution in [0.25, 0.3) is 0 Å². The average Bonchev–Trinajstić information content (AvgIpc) is 2.79. The van der Waals surface area contributed by atoms with Crippen molar-refractivity contribution in [3.63, 3.8) is 0 Å². The molecule has 0 unspecified atom stereocenters. The molecule has 0 saturated carbocycles. The molecular formula is C12H20N2O. The summed E-state index contributed by atoms with van der Waals surface area (Å²) in [5.41, 5.74) is 0. The monoisotopic (exact) mass is 208 g/mol. The Hall–Kier alpha value is -0.800. The van der Waals surface area contributed by atoms with Crippen molar-refractivity contribution in [3.05, 3.63) is 24.2 Å². The lowest BCUT2D eigenvalue weighted by Crippen LogP contribution is -2.28. The van der Waals surface area contributed by atoms with Crippen LogP contribution in [0.1, 0.15) is 12.7 Å². The molecule has 2 atom stereocenters. The number of hydrogen-bond acceptors (Lipinski definition) is 3. The first-order valence-corrected chi connectivity index (χ1v) is 5.67. The summed E-state index contributed by atoms with van der Waals surface area (Å²) in [4.78, 5) is 2.34. The Bertz CT molecular complexity index is 284. The van der Waals surface area contributed by atoms with Crippen LogP contribution in [0, 0.1) is 11.8 Å². The van der Waals surface area contributed by atoms with Gasteiger partial charge in [-0.25, -0.2) is 0 Å². The second kappa shape index (κ2) is 4.81. The lowest BCUT2D eigenvalue weighted by Gasteiger charge is -2.22. The van der Waals surface area contributed by atoms with E-state index in [2.05, 4.69) is 24.2 Å². The van der Waals surface area contributed by atoms with Gasteiger partial charge in [0.2, 0.25) is 0 Å². The summed E-state index contributed by atoms with van der Waals surface area (Å²) in [5, 5.41) is 3.44. The molecule has 1 N–H and O–H groups in total. The molecule has 0 spiro atoms. The molecule has 0 aromatic carbocycles. The number of nitrogens with zero attached hydrogens (tertiary/aromatic N) is 1. The zero-order valence-corrected chi connectivity index (χ0v) is 9.57. The standard InChI is InChI=1S/C12H20N2O/c1-10-6-13-7-11(10)8-14(2)9-12-4-3-5-15-12/h3-5,10-11,13H,6-9H2,1-2H3/t10-,11+/m1/s1. The minimum absolute atomic E-state index is 0.782. The van der Waals surface area contributed by atoms with Crippen molar-refractivity contribution in [3.8, 4) is 0 Å². The lowest BCUT2D eigenvalue weighted by molar-refractivity contribution is 0.236. The molecule has 1 aliphatic heterocycles. The average molecular weight is 208 g/mol. The van der Waals surface area contributed by atoms with Crippen LogP contribution >= 0.6 is 0 Å². The highest BCUT2D eigenvalue weighted by atomic mass is 16.3. The number of nitrogens with one attached hydrogen (secondary N) is 1. The van der Waals surface area contributed by atoms with Crippen LogP contribution in [0.5, 0.6) is 0 Å². The predicted molar refractivity (Wildman–Crippen MR) is 60.6 cm³/mol. The maximum atomic E-state index is 5.34. The number of rotatable bonds is 4. The number of hydrogen-bond donors (Lipinski definition) is 1. The van der Waals surface area contributed by atoms with Crippen LogP contribution < -0.4 is 5.32 Å². The summed E-state index contributed by atoms with van der Waals surface area (Å²) in [5.74, 6) is 2.63. The molecule has 1 aromatic heterocycles. The molecule has 0 amide bonds. The van der Waals surface area contributed by atoms with Gasteiger partial charge in [0.15, 0.2) is 0 Å². The molecule has 3 nitrogen and oxygen atoms in total. The van der Waals surface area contributed by atoms with Gasteiger partial charge >= 0.3 is 0 Å². The van der Waals surface area contributed by atoms with Gasteiger partial charge in [-0.1, -0.05) is 6.92 Å². The maximum Gasteiger partial charge on any atom is 0.117 e. The summed E-state index contributed by atoms with van der Waals surface area (Å²) in [6, 6.07) is 3.98. The molecule has 2 rings (SSSR count). The van der Waals surface area contributed by atoms with Gasteiger partial charge in [0.25, 0.3) is 0 Å². The fraction of sp³-hybridized carbons (Fsp3) is 0.667. The Morgan fingerprint density at radius 1 is 1.53 bits per heavy atom. The van der Waals surface area contributed by atoms with E-state index in [9.17, 15) is 0 Å². The van der Waals surface area contributed by atoms with Gasteiger partial charge in [-0.3, -0.25) is 4.90 Å². The molecule has 0 radical (unpaired) electrons. The molecule has 0 aliphatic carbocycles. The third-order valence-corrected chi connectivity index (χ3v) is 3.23. The van der Waals surface area contributed by atoms with Crippen molar-refractivity contribution >= 4 is 0 Å². The normalized spacial score (nSPS) is 26.3. The van der Waals surface area contributed by atoms with Gasteiger partial charge in [-0.05, 0) is 44.1 Å². The molecule has 2 heterocycles. The largest absolute Gasteiger partial charge is 0.468 e. The molecule has 84 valence electrons. The Morgan fingerprint density at radius 2 is 2.40 bits per heavy atom. The third-order valence-electron chi connectivity index (χ3n) is 3.23. The highest BCUT2D eigenvalue weighted by molar-refractivity contribution is 4.97. The molecular weight excluding hydrogens is 188 g/mol. The van der Waals surface area contributed by atoms with Crippen molar-refractivity contribution in [2.45, 2.75) is 13.5 Å². The molecule has 1 aromatic rings. The van der Waals surface area contributed by atoms with E-state index < -0.39 is 0 Å². The fourth-order valence-corrected chi connectivity index (χ4v) is 2.24. The molecule has 3 heteroatoms. The van der Waals surface area contributed by atoms with Crippen molar-refractivity contribution in [2.75, 3.05) is 26.7 Å². The molecule has 15 heavy (non-hydrogen) atoms. The highest BCUT2D eigenvalue weighted by Crippen LogP contribution is 2.17. The van der Waals surface area contributed by atoms with Gasteiger partial charge in [0.05, 0.1) is 12.8 Å². The van der Waals surface area contributed by atoms with E-state index in [0.29, 0.717) is 0 Å². The van der Waals surface area contributed by atoms with Gasteiger partial charge in [0.1, 0.15) is 5.76 Å². The van der Waals surface area contributed by atoms with E-state index in [1.807, 2.05) is 12.1 Å². The van der Waals surface area contributed by atoms with Crippen LogP contribution in [-0.2, 0) is 6.54 Å². The lowest BCUT2D eigenvalue weighted by atomic mass is 9.98. The topological polar surface area (TPSA) is 28.4 Å². The third kappa shape index (κ3) is 2.83. The van der Waals surface area contributed by atoms with Gasteiger partial charge in [-0.2, -0.15) is 0 Å². The van der Waals surface area contributed by atoms with Crippen LogP contribution in [-0.4, -0.2) is 31.6 Å². The Morgan fingerprint density at radius 3 is 3.00 bits per heavy atom. The summed E-state index contributed by atoms with van der Waals surface area (Å²) >= 11 is 0. The summed E-state index contributed by atoms with van der Waals surface area (Å²) in [7, 11) is 2.16. The molecule has 1 saturated heterocycles. The first kappa shape index (κ1) is 10.7. The maximum absolute atomic E-state index is 5.34. The van der Waals surface area contributed by atoms with Gasteiger partial charge in [-0.15, -0.1) is 0 Å². The first-order valence-electron chi connectivity index (χ1n) is 5.67. The van der Waals surface area contributed by atoms with Crippen molar-refractivity contribution in [1.29, 1.82) is 0 Å². The summed E-state index contributed by atoms with van der Waals surface area (Å²) in [6.45, 7) is 6.71. The van der Waals surface area contributed by atoms with Crippen LogP contribution in [0.2, 0.25) is 0 Å². The van der Waals surface area contributed by atoms with Crippen molar-refractivity contribution in [1.82, 2.24) is 10.2 Å². The van der Waals surface area contributed by atoms with Crippen LogP contribution in [0.3, 0.4) is 0 Å². The Balaban J connectivity index is 1.79. The Kier molecular flexibility index (Phi) is 3.44. The summed E-state index contributed by atoms with van der Waals surface area (Å²) in [6.07, 6.45) is 1.74. The second-order valence-electron chi connectivity index (χ2n) is 4.67. The van der Waals surface area contributed by atoms with E-state index in [1.165, 1.54) is 6.54 Å². The van der Waals surface area contributed by atoms with E-state index in [1.54, 1.807) is 6.26 Å². The zero-order chi connectivity index (χ0) is 10.7. The molecule has 1 fully saturated rings. The van der Waals surface area contributed by atoms with E-state index in [-0.39, 0.29) is 0 Å². The molecule has 0 bridgehead atoms. The Labute approximate surface area is 91.4 Å². The quantitative estimate of drug-likeness (QED) is 0.814. The van der Waals surface area contributed by atoms with Crippen molar-refractivity contribution in [2.24, 2.45) is 11.8 Å². The minimum Gasteiger partial charge on any atom is -0.468 e. The SMILES string of the molecule is C[C@@H]1CNC[C@H]1CN(C)Cc1ccco1. The fourth-order valence-electron chi connectivity index (χ4n) is 2.24. The van der Waals surface area contributed by atoms with Crippen LogP contribution in [0.15, 0.2) is 22.8 Å². The summed E-state index contributed by atoms with van der Waals surface area (Å²) < 4.78 is 5.34.